The molecule has 0 saturated heterocycles. The van der Waals surface area contributed by atoms with Crippen LogP contribution in [0.2, 0.25) is 0 Å². The number of rotatable bonds is 6. The molecule has 23 heavy (non-hydrogen) atoms. The fraction of sp³-hybridized carbons (Fsp3) is 0.389. The number of nitrogens with one attached hydrogen (secondary N) is 1. The molecule has 2 unspecified atom stereocenters. The van der Waals surface area contributed by atoms with Crippen LogP contribution in [0.4, 0.5) is 0 Å². The molecular formula is C18H23N3OS. The van der Waals surface area contributed by atoms with Crippen LogP contribution in [0.1, 0.15) is 43.3 Å². The lowest BCUT2D eigenvalue weighted by atomic mass is 10.1. The number of carbonyl (C=O) groups is 1. The minimum atomic E-state index is -0.192. The van der Waals surface area contributed by atoms with Crippen molar-refractivity contribution >= 4 is 17.7 Å². The van der Waals surface area contributed by atoms with E-state index < -0.39 is 0 Å². The van der Waals surface area contributed by atoms with E-state index in [4.69, 9.17) is 0 Å². The summed E-state index contributed by atoms with van der Waals surface area (Å²) in [5, 5.41) is 3.55. The largest absolute Gasteiger partial charge is 0.349 e. The summed E-state index contributed by atoms with van der Waals surface area (Å²) in [7, 11) is 0. The molecule has 1 heterocycles. The Morgan fingerprint density at radius 1 is 1.17 bits per heavy atom. The Labute approximate surface area is 142 Å². The summed E-state index contributed by atoms with van der Waals surface area (Å²) < 4.78 is 0. The Balaban J connectivity index is 2.03. The minimum Gasteiger partial charge on any atom is -0.349 e. The Morgan fingerprint density at radius 2 is 1.78 bits per heavy atom. The van der Waals surface area contributed by atoms with Gasteiger partial charge in [-0.05, 0) is 38.8 Å². The molecule has 1 N–H and O–H groups in total. The Morgan fingerprint density at radius 3 is 2.35 bits per heavy atom. The van der Waals surface area contributed by atoms with Gasteiger partial charge in [0.2, 0.25) is 5.91 Å². The first-order chi connectivity index (χ1) is 11.0. The predicted molar refractivity (Wildman–Crippen MR) is 94.4 cm³/mol. The smallest absolute Gasteiger partial charge is 0.234 e. The molecule has 0 aliphatic carbocycles. The number of thioether (sulfide) groups is 1. The van der Waals surface area contributed by atoms with E-state index in [1.165, 1.54) is 11.8 Å². The molecular weight excluding hydrogens is 306 g/mol. The van der Waals surface area contributed by atoms with E-state index in [1.54, 1.807) is 0 Å². The highest BCUT2D eigenvalue weighted by Crippen LogP contribution is 2.24. The van der Waals surface area contributed by atoms with E-state index in [9.17, 15) is 4.79 Å². The highest BCUT2D eigenvalue weighted by molar-refractivity contribution is 8.00. The van der Waals surface area contributed by atoms with Crippen molar-refractivity contribution in [1.82, 2.24) is 15.3 Å². The number of carbonyl (C=O) groups excluding carboxylic acids is 1. The van der Waals surface area contributed by atoms with E-state index >= 15 is 0 Å². The SMILES string of the molecule is CCC(Sc1nc(C)cc(C)n1)C(=O)NC(C)c1ccccc1. The molecule has 1 amide bonds. The molecule has 2 aromatic rings. The average molecular weight is 329 g/mol. The van der Waals surface area contributed by atoms with Crippen molar-refractivity contribution in [3.8, 4) is 0 Å². The van der Waals surface area contributed by atoms with E-state index in [0.29, 0.717) is 5.16 Å². The molecule has 2 rings (SSSR count). The van der Waals surface area contributed by atoms with Gasteiger partial charge in [0.25, 0.3) is 0 Å². The number of benzene rings is 1. The average Bonchev–Trinajstić information content (AvgIpc) is 2.52. The van der Waals surface area contributed by atoms with Crippen LogP contribution in [0.25, 0.3) is 0 Å². The van der Waals surface area contributed by atoms with Crippen molar-refractivity contribution in [2.24, 2.45) is 0 Å². The number of amides is 1. The van der Waals surface area contributed by atoms with Gasteiger partial charge in [-0.2, -0.15) is 0 Å². The monoisotopic (exact) mass is 329 g/mol. The summed E-state index contributed by atoms with van der Waals surface area (Å²) in [5.41, 5.74) is 2.95. The number of aromatic nitrogens is 2. The highest BCUT2D eigenvalue weighted by atomic mass is 32.2. The second kappa shape index (κ2) is 8.11. The van der Waals surface area contributed by atoms with Gasteiger partial charge in [0.05, 0.1) is 11.3 Å². The van der Waals surface area contributed by atoms with Crippen molar-refractivity contribution in [2.45, 2.75) is 50.6 Å². The van der Waals surface area contributed by atoms with E-state index in [1.807, 2.05) is 64.1 Å². The zero-order valence-corrected chi connectivity index (χ0v) is 14.9. The lowest BCUT2D eigenvalue weighted by molar-refractivity contribution is -0.121. The third kappa shape index (κ3) is 5.06. The molecule has 2 atom stereocenters. The fourth-order valence-corrected chi connectivity index (χ4v) is 3.32. The maximum absolute atomic E-state index is 12.5. The summed E-state index contributed by atoms with van der Waals surface area (Å²) in [4.78, 5) is 21.4. The van der Waals surface area contributed by atoms with Gasteiger partial charge in [0.1, 0.15) is 0 Å². The number of hydrogen-bond acceptors (Lipinski definition) is 4. The Kier molecular flexibility index (Phi) is 6.16. The second-order valence-corrected chi connectivity index (χ2v) is 6.76. The first-order valence-electron chi connectivity index (χ1n) is 7.84. The molecule has 0 aliphatic rings. The number of hydrogen-bond donors (Lipinski definition) is 1. The zero-order chi connectivity index (χ0) is 16.8. The van der Waals surface area contributed by atoms with Crippen molar-refractivity contribution < 1.29 is 4.79 Å². The van der Waals surface area contributed by atoms with Gasteiger partial charge in [-0.15, -0.1) is 0 Å². The summed E-state index contributed by atoms with van der Waals surface area (Å²) in [5.74, 6) is 0.0246. The quantitative estimate of drug-likeness (QED) is 0.646. The molecule has 0 spiro atoms. The summed E-state index contributed by atoms with van der Waals surface area (Å²) >= 11 is 1.43. The zero-order valence-electron chi connectivity index (χ0n) is 14.0. The van der Waals surface area contributed by atoms with Crippen LogP contribution in [0.5, 0.6) is 0 Å². The van der Waals surface area contributed by atoms with Gasteiger partial charge in [-0.25, -0.2) is 9.97 Å². The van der Waals surface area contributed by atoms with Gasteiger partial charge in [-0.1, -0.05) is 49.0 Å². The van der Waals surface area contributed by atoms with Gasteiger partial charge < -0.3 is 5.32 Å². The highest BCUT2D eigenvalue weighted by Gasteiger charge is 2.21. The molecule has 1 aromatic heterocycles. The predicted octanol–water partition coefficient (Wildman–Crippen LogP) is 3.84. The summed E-state index contributed by atoms with van der Waals surface area (Å²) in [6.07, 6.45) is 0.731. The summed E-state index contributed by atoms with van der Waals surface area (Å²) in [6, 6.07) is 11.9. The first-order valence-corrected chi connectivity index (χ1v) is 8.71. The Hall–Kier alpha value is -1.88. The van der Waals surface area contributed by atoms with Gasteiger partial charge in [0, 0.05) is 11.4 Å². The molecule has 0 bridgehead atoms. The molecule has 0 fully saturated rings. The van der Waals surface area contributed by atoms with Gasteiger partial charge in [-0.3, -0.25) is 4.79 Å². The lowest BCUT2D eigenvalue weighted by Gasteiger charge is -2.19. The van der Waals surface area contributed by atoms with Crippen LogP contribution >= 0.6 is 11.8 Å². The van der Waals surface area contributed by atoms with E-state index in [0.717, 1.165) is 23.4 Å². The minimum absolute atomic E-state index is 0.0153. The summed E-state index contributed by atoms with van der Waals surface area (Å²) in [6.45, 7) is 7.89. The molecule has 1 aromatic carbocycles. The van der Waals surface area contributed by atoms with Crippen molar-refractivity contribution in [3.63, 3.8) is 0 Å². The van der Waals surface area contributed by atoms with Crippen LogP contribution in [0, 0.1) is 13.8 Å². The maximum atomic E-state index is 12.5. The molecule has 0 radical (unpaired) electrons. The third-order valence-corrected chi connectivity index (χ3v) is 4.76. The van der Waals surface area contributed by atoms with Crippen molar-refractivity contribution in [1.29, 1.82) is 0 Å². The van der Waals surface area contributed by atoms with Crippen LogP contribution in [-0.4, -0.2) is 21.1 Å². The topological polar surface area (TPSA) is 54.9 Å². The second-order valence-electron chi connectivity index (χ2n) is 5.59. The number of nitrogens with zero attached hydrogens (tertiary/aromatic N) is 2. The Bertz CT molecular complexity index is 640. The number of aryl methyl sites for hydroxylation is 2. The van der Waals surface area contributed by atoms with Crippen LogP contribution in [0.15, 0.2) is 41.6 Å². The van der Waals surface area contributed by atoms with Crippen LogP contribution in [0.3, 0.4) is 0 Å². The van der Waals surface area contributed by atoms with Gasteiger partial charge >= 0.3 is 0 Å². The first kappa shape index (κ1) is 17.5. The van der Waals surface area contributed by atoms with Crippen molar-refractivity contribution in [3.05, 3.63) is 53.3 Å². The van der Waals surface area contributed by atoms with Crippen molar-refractivity contribution in [2.75, 3.05) is 0 Å². The lowest BCUT2D eigenvalue weighted by Crippen LogP contribution is -2.34. The molecule has 0 aliphatic heterocycles. The molecule has 122 valence electrons. The molecule has 5 heteroatoms. The third-order valence-electron chi connectivity index (χ3n) is 3.53. The maximum Gasteiger partial charge on any atom is 0.234 e. The van der Waals surface area contributed by atoms with Crippen LogP contribution in [-0.2, 0) is 4.79 Å². The van der Waals surface area contributed by atoms with E-state index in [2.05, 4.69) is 15.3 Å². The molecule has 0 saturated carbocycles. The van der Waals surface area contributed by atoms with Gasteiger partial charge in [0.15, 0.2) is 5.16 Å². The molecule has 4 nitrogen and oxygen atoms in total. The normalized spacial score (nSPS) is 13.4. The fourth-order valence-electron chi connectivity index (χ4n) is 2.33. The van der Waals surface area contributed by atoms with E-state index in [-0.39, 0.29) is 17.2 Å². The standard InChI is InChI=1S/C18H23N3OS/c1-5-16(23-18-19-12(2)11-13(3)20-18)17(22)21-14(4)15-9-7-6-8-10-15/h6-11,14,16H,5H2,1-4H3,(H,21,22). The van der Waals surface area contributed by atoms with Crippen LogP contribution < -0.4 is 5.32 Å².